The fourth-order valence-corrected chi connectivity index (χ4v) is 3.61. The van der Waals surface area contributed by atoms with Crippen molar-refractivity contribution in [2.75, 3.05) is 39.4 Å². The summed E-state index contributed by atoms with van der Waals surface area (Å²) in [4.78, 5) is 6.81. The third-order valence-corrected chi connectivity index (χ3v) is 5.49. The van der Waals surface area contributed by atoms with E-state index in [-0.39, 0.29) is 24.0 Å². The second kappa shape index (κ2) is 12.8. The maximum absolute atomic E-state index is 12.9. The maximum atomic E-state index is 12.9. The summed E-state index contributed by atoms with van der Waals surface area (Å²) in [6.07, 6.45) is 0.154. The predicted molar refractivity (Wildman–Crippen MR) is 128 cm³/mol. The molecule has 1 aromatic rings. The van der Waals surface area contributed by atoms with E-state index < -0.39 is 11.7 Å². The van der Waals surface area contributed by atoms with Gasteiger partial charge in [0.2, 0.25) is 0 Å². The van der Waals surface area contributed by atoms with Crippen molar-refractivity contribution in [2.24, 2.45) is 10.9 Å². The van der Waals surface area contributed by atoms with E-state index in [9.17, 15) is 13.2 Å². The van der Waals surface area contributed by atoms with Crippen molar-refractivity contribution >= 4 is 29.9 Å². The lowest BCUT2D eigenvalue weighted by Gasteiger charge is -2.33. The normalized spacial score (nSPS) is 18.5. The molecule has 1 aromatic carbocycles. The Labute approximate surface area is 200 Å². The summed E-state index contributed by atoms with van der Waals surface area (Å²) >= 11 is 0. The average molecular weight is 554 g/mol. The number of rotatable bonds is 9. The molecule has 1 aliphatic carbocycles. The summed E-state index contributed by atoms with van der Waals surface area (Å²) in [6, 6.07) is 5.94. The van der Waals surface area contributed by atoms with E-state index in [4.69, 9.17) is 4.74 Å². The number of likely N-dealkylation sites (tertiary alicyclic amines) is 1. The highest BCUT2D eigenvalue weighted by atomic mass is 127. The molecule has 176 valence electrons. The second-order valence-corrected chi connectivity index (χ2v) is 8.17. The molecular formula is C22H34F3IN4O. The van der Waals surface area contributed by atoms with Crippen LogP contribution in [0.25, 0.3) is 0 Å². The van der Waals surface area contributed by atoms with E-state index in [1.54, 1.807) is 6.07 Å². The number of hydrogen-bond acceptors (Lipinski definition) is 3. The molecule has 1 heterocycles. The van der Waals surface area contributed by atoms with Gasteiger partial charge >= 0.3 is 6.18 Å². The third-order valence-electron chi connectivity index (χ3n) is 5.49. The van der Waals surface area contributed by atoms with Crippen LogP contribution in [0.2, 0.25) is 0 Å². The molecule has 1 saturated heterocycles. The summed E-state index contributed by atoms with van der Waals surface area (Å²) in [5.41, 5.74) is 0.126. The molecule has 3 rings (SSSR count). The van der Waals surface area contributed by atoms with Crippen LogP contribution in [0, 0.1) is 5.92 Å². The third kappa shape index (κ3) is 9.53. The van der Waals surface area contributed by atoms with Gasteiger partial charge in [-0.2, -0.15) is 13.2 Å². The molecule has 0 amide bonds. The highest BCUT2D eigenvalue weighted by Crippen LogP contribution is 2.30. The van der Waals surface area contributed by atoms with Crippen LogP contribution in [0.1, 0.15) is 43.7 Å². The van der Waals surface area contributed by atoms with Gasteiger partial charge in [0.1, 0.15) is 0 Å². The van der Waals surface area contributed by atoms with Crippen molar-refractivity contribution in [2.45, 2.75) is 51.4 Å². The Hall–Kier alpha value is -1.07. The van der Waals surface area contributed by atoms with Gasteiger partial charge < -0.3 is 15.4 Å². The summed E-state index contributed by atoms with van der Waals surface area (Å²) in [5, 5.41) is 6.77. The Morgan fingerprint density at radius 2 is 1.94 bits per heavy atom. The number of alkyl halides is 3. The molecule has 9 heteroatoms. The fraction of sp³-hybridized carbons (Fsp3) is 0.682. The molecule has 1 aliphatic heterocycles. The highest BCUT2D eigenvalue weighted by Gasteiger charge is 2.30. The molecule has 1 saturated carbocycles. The first kappa shape index (κ1) is 26.2. The lowest BCUT2D eigenvalue weighted by Crippen LogP contribution is -2.48. The minimum absolute atomic E-state index is 0. The first-order chi connectivity index (χ1) is 14.4. The molecule has 31 heavy (non-hydrogen) atoms. The number of ether oxygens (including phenoxy) is 1. The molecule has 5 nitrogen and oxygen atoms in total. The van der Waals surface area contributed by atoms with Crippen LogP contribution in [0.5, 0.6) is 0 Å². The number of benzene rings is 1. The van der Waals surface area contributed by atoms with Gasteiger partial charge in [-0.3, -0.25) is 9.89 Å². The molecule has 0 unspecified atom stereocenters. The molecule has 0 aromatic heterocycles. The zero-order valence-electron chi connectivity index (χ0n) is 18.1. The van der Waals surface area contributed by atoms with Crippen LogP contribution < -0.4 is 10.6 Å². The van der Waals surface area contributed by atoms with Crippen molar-refractivity contribution < 1.29 is 17.9 Å². The molecule has 2 fully saturated rings. The standard InChI is InChI=1S/C22H33F3N4O.HI/c1-2-26-21(27-10-13-30-16-17-6-7-17)28-20-8-11-29(12-9-20)15-18-4-3-5-19(14-18)22(23,24)25;/h3-5,14,17,20H,2,6-13,15-16H2,1H3,(H2,26,27,28);1H. The van der Waals surface area contributed by atoms with Crippen molar-refractivity contribution in [1.29, 1.82) is 0 Å². The Balaban J connectivity index is 0.00000341. The molecule has 0 spiro atoms. The fourth-order valence-electron chi connectivity index (χ4n) is 3.61. The minimum Gasteiger partial charge on any atom is -0.379 e. The Kier molecular flexibility index (Phi) is 10.8. The Morgan fingerprint density at radius 1 is 1.19 bits per heavy atom. The Bertz CT molecular complexity index is 690. The summed E-state index contributed by atoms with van der Waals surface area (Å²) in [6.45, 7) is 7.20. The summed E-state index contributed by atoms with van der Waals surface area (Å²) in [5.74, 6) is 1.57. The first-order valence-electron chi connectivity index (χ1n) is 10.9. The SMILES string of the molecule is CCNC(=NCCOCC1CC1)NC1CCN(Cc2cccc(C(F)(F)F)c2)CC1.I. The van der Waals surface area contributed by atoms with Crippen LogP contribution in [0.4, 0.5) is 13.2 Å². The Morgan fingerprint density at radius 3 is 2.58 bits per heavy atom. The molecule has 0 bridgehead atoms. The van der Waals surface area contributed by atoms with Crippen molar-refractivity contribution in [3.63, 3.8) is 0 Å². The lowest BCUT2D eigenvalue weighted by molar-refractivity contribution is -0.137. The van der Waals surface area contributed by atoms with Crippen molar-refractivity contribution in [3.05, 3.63) is 35.4 Å². The van der Waals surface area contributed by atoms with Gasteiger partial charge in [0.25, 0.3) is 0 Å². The summed E-state index contributed by atoms with van der Waals surface area (Å²) < 4.78 is 44.4. The predicted octanol–water partition coefficient (Wildman–Crippen LogP) is 4.27. The van der Waals surface area contributed by atoms with Gasteiger partial charge in [0, 0.05) is 38.8 Å². The van der Waals surface area contributed by atoms with E-state index in [1.807, 2.05) is 6.92 Å². The van der Waals surface area contributed by atoms with Crippen LogP contribution in [-0.2, 0) is 17.5 Å². The van der Waals surface area contributed by atoms with Gasteiger partial charge in [0.05, 0.1) is 18.7 Å². The molecule has 2 aliphatic rings. The number of aliphatic imine (C=N–C) groups is 1. The molecule has 0 atom stereocenters. The van der Waals surface area contributed by atoms with E-state index in [0.717, 1.165) is 57.0 Å². The monoisotopic (exact) mass is 554 g/mol. The smallest absolute Gasteiger partial charge is 0.379 e. The van der Waals surface area contributed by atoms with Crippen LogP contribution in [0.3, 0.4) is 0 Å². The first-order valence-corrected chi connectivity index (χ1v) is 10.9. The van der Waals surface area contributed by atoms with E-state index in [2.05, 4.69) is 20.5 Å². The summed E-state index contributed by atoms with van der Waals surface area (Å²) in [7, 11) is 0. The second-order valence-electron chi connectivity index (χ2n) is 8.17. The van der Waals surface area contributed by atoms with Crippen molar-refractivity contribution in [1.82, 2.24) is 15.5 Å². The largest absolute Gasteiger partial charge is 0.416 e. The molecular weight excluding hydrogens is 520 g/mol. The number of hydrogen-bond donors (Lipinski definition) is 2. The average Bonchev–Trinajstić information content (AvgIpc) is 3.53. The van der Waals surface area contributed by atoms with Crippen LogP contribution in [-0.4, -0.2) is 56.3 Å². The van der Waals surface area contributed by atoms with Crippen LogP contribution in [0.15, 0.2) is 29.3 Å². The molecule has 0 radical (unpaired) electrons. The van der Waals surface area contributed by atoms with E-state index >= 15 is 0 Å². The van der Waals surface area contributed by atoms with Gasteiger partial charge in [-0.1, -0.05) is 18.2 Å². The zero-order chi connectivity index (χ0) is 21.4. The quantitative estimate of drug-likeness (QED) is 0.207. The number of nitrogens with one attached hydrogen (secondary N) is 2. The van der Waals surface area contributed by atoms with Crippen molar-refractivity contribution in [3.8, 4) is 0 Å². The maximum Gasteiger partial charge on any atom is 0.416 e. The van der Waals surface area contributed by atoms with Gasteiger partial charge in [-0.25, -0.2) is 0 Å². The number of guanidine groups is 1. The van der Waals surface area contributed by atoms with E-state index in [0.29, 0.717) is 31.3 Å². The number of nitrogens with zero attached hydrogens (tertiary/aromatic N) is 2. The van der Waals surface area contributed by atoms with Gasteiger partial charge in [-0.05, 0) is 50.2 Å². The van der Waals surface area contributed by atoms with Gasteiger partial charge in [0.15, 0.2) is 5.96 Å². The van der Waals surface area contributed by atoms with E-state index in [1.165, 1.54) is 25.0 Å². The van der Waals surface area contributed by atoms with Crippen LogP contribution >= 0.6 is 24.0 Å². The number of halogens is 4. The molecule has 2 N–H and O–H groups in total. The zero-order valence-corrected chi connectivity index (χ0v) is 20.4. The van der Waals surface area contributed by atoms with Gasteiger partial charge in [-0.15, -0.1) is 24.0 Å². The lowest BCUT2D eigenvalue weighted by atomic mass is 10.0. The highest BCUT2D eigenvalue weighted by molar-refractivity contribution is 14.0. The minimum atomic E-state index is -4.29. The topological polar surface area (TPSA) is 48.9 Å². The number of piperidine rings is 1.